The molecule has 0 aromatic rings. The Kier molecular flexibility index (Phi) is 2.83. The Bertz CT molecular complexity index is 312. The summed E-state index contributed by atoms with van der Waals surface area (Å²) in [6.45, 7) is 1.97. The number of hydrogen-bond donors (Lipinski definition) is 3. The lowest BCUT2D eigenvalue weighted by Gasteiger charge is -2.31. The van der Waals surface area contributed by atoms with Crippen LogP contribution in [0.1, 0.15) is 0 Å². The van der Waals surface area contributed by atoms with Crippen LogP contribution in [0, 0.1) is 0 Å². The van der Waals surface area contributed by atoms with Crippen molar-refractivity contribution in [2.45, 2.75) is 6.29 Å². The second-order valence-electron chi connectivity index (χ2n) is 3.23. The zero-order chi connectivity index (χ0) is 10.1. The van der Waals surface area contributed by atoms with Crippen molar-refractivity contribution in [3.8, 4) is 0 Å². The molecule has 3 aliphatic heterocycles. The van der Waals surface area contributed by atoms with Gasteiger partial charge in [0.25, 0.3) is 6.29 Å². The minimum absolute atomic E-state index is 0.0555. The number of hydrogen-bond acceptors (Lipinski definition) is 8. The summed E-state index contributed by atoms with van der Waals surface area (Å²) < 4.78 is 10.5. The number of aliphatic imine (C=N–C) groups is 2. The lowest BCUT2D eigenvalue weighted by Crippen LogP contribution is -2.58. The van der Waals surface area contributed by atoms with Gasteiger partial charge in [0, 0.05) is 0 Å². The third-order valence-electron chi connectivity index (χ3n) is 2.40. The first kappa shape index (κ1) is 10.2. The van der Waals surface area contributed by atoms with E-state index in [9.17, 15) is 0 Å². The molecule has 15 heavy (non-hydrogen) atoms. The largest absolute Gasteiger partial charge is 0.324 e. The Morgan fingerprint density at radius 3 is 3.13 bits per heavy atom. The Morgan fingerprint density at radius 1 is 1.53 bits per heavy atom. The van der Waals surface area contributed by atoms with Gasteiger partial charge in [0.1, 0.15) is 12.4 Å². The van der Waals surface area contributed by atoms with Crippen molar-refractivity contribution in [1.82, 2.24) is 14.2 Å². The van der Waals surface area contributed by atoms with E-state index in [-0.39, 0.29) is 6.29 Å². The summed E-state index contributed by atoms with van der Waals surface area (Å²) in [5.74, 6) is 1.80. The third-order valence-corrected chi connectivity index (χ3v) is 4.77. The van der Waals surface area contributed by atoms with Crippen LogP contribution in [0.15, 0.2) is 9.98 Å². The van der Waals surface area contributed by atoms with Gasteiger partial charge in [-0.2, -0.15) is 4.72 Å². The maximum Gasteiger partial charge on any atom is 0.324 e. The highest BCUT2D eigenvalue weighted by atomic mass is 32.2. The predicted octanol–water partition coefficient (Wildman–Crippen LogP) is 0.0978. The van der Waals surface area contributed by atoms with E-state index in [1.165, 1.54) is 11.9 Å². The molecular weight excluding hydrogens is 252 g/mol. The maximum absolute atomic E-state index is 4.49. The van der Waals surface area contributed by atoms with Crippen LogP contribution in [0.25, 0.3) is 0 Å². The quantitative estimate of drug-likeness (QED) is 0.461. The highest BCUT2D eigenvalue weighted by Crippen LogP contribution is 2.33. The van der Waals surface area contributed by atoms with Gasteiger partial charge in [-0.25, -0.2) is 14.7 Å². The van der Waals surface area contributed by atoms with Gasteiger partial charge in [-0.15, -0.1) is 3.89 Å². The Hall–Kier alpha value is 0.0700. The van der Waals surface area contributed by atoms with Gasteiger partial charge >= 0.3 is 5.96 Å². The summed E-state index contributed by atoms with van der Waals surface area (Å²) in [5, 5.41) is 0. The van der Waals surface area contributed by atoms with E-state index >= 15 is 0 Å². The van der Waals surface area contributed by atoms with Crippen LogP contribution in [-0.2, 0) is 0 Å². The summed E-state index contributed by atoms with van der Waals surface area (Å²) in [6.07, 6.45) is 0.0555. The summed E-state index contributed by atoms with van der Waals surface area (Å²) in [4.78, 5) is 8.93. The van der Waals surface area contributed by atoms with E-state index in [1.807, 2.05) is 5.55 Å². The van der Waals surface area contributed by atoms with Gasteiger partial charge in [0.15, 0.2) is 12.1 Å². The standard InChI is InChI=1S/C6H11N6S3/c1-2-12(15-9-1,5-7-3-13-10-5)6-8-4-14-11-6/h3,5,9-10H,1-2,4H2,(H,8,11)/q+1. The van der Waals surface area contributed by atoms with Crippen molar-refractivity contribution in [2.75, 3.05) is 19.0 Å². The van der Waals surface area contributed by atoms with Gasteiger partial charge in [0.2, 0.25) is 0 Å². The average Bonchev–Trinajstić information content (AvgIpc) is 3.02. The fourth-order valence-corrected chi connectivity index (χ4v) is 4.00. The van der Waals surface area contributed by atoms with Crippen molar-refractivity contribution in [3.05, 3.63) is 0 Å². The van der Waals surface area contributed by atoms with Crippen molar-refractivity contribution >= 4 is 47.5 Å². The number of nitrogens with zero attached hydrogens (tertiary/aromatic N) is 3. The van der Waals surface area contributed by atoms with E-state index in [0.29, 0.717) is 3.89 Å². The molecule has 9 heteroatoms. The molecular formula is C6H11N6S3+. The van der Waals surface area contributed by atoms with Crippen LogP contribution in [0.3, 0.4) is 0 Å². The summed E-state index contributed by atoms with van der Waals surface area (Å²) >= 11 is 4.84. The molecule has 0 aromatic heterocycles. The van der Waals surface area contributed by atoms with Gasteiger partial charge in [-0.3, -0.25) is 4.72 Å². The molecule has 1 saturated heterocycles. The Morgan fingerprint density at radius 2 is 2.53 bits per heavy atom. The maximum atomic E-state index is 4.49. The van der Waals surface area contributed by atoms with E-state index in [0.717, 1.165) is 24.9 Å². The smallest absolute Gasteiger partial charge is 0.265 e. The molecule has 2 unspecified atom stereocenters. The second kappa shape index (κ2) is 4.15. The zero-order valence-electron chi connectivity index (χ0n) is 7.84. The first-order valence-corrected chi connectivity index (χ1v) is 7.20. The average molecular weight is 263 g/mol. The van der Waals surface area contributed by atoms with Crippen LogP contribution in [-0.4, -0.2) is 40.7 Å². The van der Waals surface area contributed by atoms with E-state index in [2.05, 4.69) is 24.2 Å². The number of quaternary nitrogens is 1. The molecule has 3 rings (SSSR count). The molecule has 0 aliphatic carbocycles. The molecule has 1 fully saturated rings. The monoisotopic (exact) mass is 263 g/mol. The van der Waals surface area contributed by atoms with Crippen molar-refractivity contribution in [2.24, 2.45) is 9.98 Å². The summed E-state index contributed by atoms with van der Waals surface area (Å²) in [5.41, 5.74) is 1.85. The summed E-state index contributed by atoms with van der Waals surface area (Å²) in [7, 11) is 0. The minimum Gasteiger partial charge on any atom is -0.265 e. The van der Waals surface area contributed by atoms with Crippen LogP contribution in [0.2, 0.25) is 0 Å². The highest BCUT2D eigenvalue weighted by molar-refractivity contribution is 8.10. The molecule has 0 amide bonds. The minimum atomic E-state index is 0.0555. The lowest BCUT2D eigenvalue weighted by molar-refractivity contribution is -0.725. The molecule has 2 atom stereocenters. The Balaban J connectivity index is 1.90. The topological polar surface area (TPSA) is 60.8 Å². The SMILES string of the molecule is C1=NC([N+]2(C3=NCSN3)CCNS2)NS1. The molecule has 3 aliphatic rings. The van der Waals surface area contributed by atoms with E-state index < -0.39 is 0 Å². The fourth-order valence-electron chi connectivity index (χ4n) is 1.68. The van der Waals surface area contributed by atoms with Gasteiger partial charge < -0.3 is 0 Å². The van der Waals surface area contributed by atoms with Crippen molar-refractivity contribution in [3.63, 3.8) is 0 Å². The first-order valence-electron chi connectivity index (χ1n) is 4.57. The van der Waals surface area contributed by atoms with Gasteiger partial charge in [-0.1, -0.05) is 0 Å². The van der Waals surface area contributed by atoms with Crippen LogP contribution in [0.5, 0.6) is 0 Å². The molecule has 0 aromatic carbocycles. The first-order chi connectivity index (χ1) is 7.42. The van der Waals surface area contributed by atoms with Gasteiger partial charge in [-0.05, 0) is 23.9 Å². The molecule has 6 nitrogen and oxygen atoms in total. The van der Waals surface area contributed by atoms with Crippen molar-refractivity contribution in [1.29, 1.82) is 0 Å². The molecule has 0 bridgehead atoms. The normalized spacial score (nSPS) is 39.5. The fraction of sp³-hybridized carbons (Fsp3) is 0.667. The third kappa shape index (κ3) is 1.67. The molecule has 0 spiro atoms. The van der Waals surface area contributed by atoms with Gasteiger partial charge in [0.05, 0.1) is 12.1 Å². The number of guanidine groups is 1. The van der Waals surface area contributed by atoms with E-state index in [4.69, 9.17) is 0 Å². The molecule has 0 radical (unpaired) electrons. The molecule has 3 heterocycles. The number of rotatable bonds is 1. The van der Waals surface area contributed by atoms with Crippen LogP contribution in [0.4, 0.5) is 0 Å². The van der Waals surface area contributed by atoms with E-state index in [1.54, 1.807) is 24.1 Å². The zero-order valence-corrected chi connectivity index (χ0v) is 10.3. The molecule has 0 saturated carbocycles. The number of nitrogens with one attached hydrogen (secondary N) is 3. The van der Waals surface area contributed by atoms with Crippen molar-refractivity contribution < 1.29 is 3.89 Å². The molecule has 3 N–H and O–H groups in total. The molecule has 82 valence electrons. The second-order valence-corrected chi connectivity index (χ2v) is 5.78. The summed E-state index contributed by atoms with van der Waals surface area (Å²) in [6, 6.07) is 0. The predicted molar refractivity (Wildman–Crippen MR) is 66.8 cm³/mol. The highest BCUT2D eigenvalue weighted by Gasteiger charge is 2.50. The van der Waals surface area contributed by atoms with Crippen LogP contribution < -0.4 is 14.2 Å². The lowest BCUT2D eigenvalue weighted by atomic mass is 10.5. The van der Waals surface area contributed by atoms with Crippen LogP contribution >= 0.6 is 36.0 Å². The Labute approximate surface area is 101 Å².